The summed E-state index contributed by atoms with van der Waals surface area (Å²) in [7, 11) is 6.73. The maximum absolute atomic E-state index is 11.2. The highest BCUT2D eigenvalue weighted by atomic mass is 35.5. The molecule has 0 amide bonds. The van der Waals surface area contributed by atoms with Crippen LogP contribution in [-0.2, 0) is 11.1 Å². The Morgan fingerprint density at radius 1 is 1.62 bits per heavy atom. The first-order valence-electron chi connectivity index (χ1n) is 3.76. The Hall–Kier alpha value is -0.955. The molecular weight excluding hydrogens is 186 g/mol. The van der Waals surface area contributed by atoms with Gasteiger partial charge in [0.25, 0.3) is 0 Å². The van der Waals surface area contributed by atoms with E-state index >= 15 is 0 Å². The Balaban J connectivity index is 3.11. The second kappa shape index (κ2) is 4.33. The Labute approximate surface area is 83.3 Å². The van der Waals surface area contributed by atoms with E-state index in [1.165, 1.54) is 7.11 Å². The predicted octanol–water partition coefficient (Wildman–Crippen LogP) is 1.80. The number of carbonyl (C=O) groups is 1. The lowest BCUT2D eigenvalue weighted by atomic mass is 9.96. The van der Waals surface area contributed by atoms with Crippen molar-refractivity contribution in [2.75, 3.05) is 7.11 Å². The van der Waals surface area contributed by atoms with E-state index in [0.29, 0.717) is 16.9 Å². The van der Waals surface area contributed by atoms with Gasteiger partial charge in [0, 0.05) is 0 Å². The zero-order chi connectivity index (χ0) is 9.84. The molecule has 0 saturated carbocycles. The summed E-state index contributed by atoms with van der Waals surface area (Å²) in [5.74, 6) is -0.444. The van der Waals surface area contributed by atoms with Gasteiger partial charge >= 0.3 is 5.97 Å². The van der Waals surface area contributed by atoms with E-state index in [9.17, 15) is 4.79 Å². The van der Waals surface area contributed by atoms with Gasteiger partial charge in [-0.25, -0.2) is 4.79 Å². The zero-order valence-electron chi connectivity index (χ0n) is 7.21. The second-order valence-electron chi connectivity index (χ2n) is 2.51. The molecule has 1 aromatic carbocycles. The molecule has 0 bridgehead atoms. The van der Waals surface area contributed by atoms with Crippen molar-refractivity contribution in [1.29, 1.82) is 0 Å². The van der Waals surface area contributed by atoms with Gasteiger partial charge in [-0.2, -0.15) is 0 Å². The molecule has 13 heavy (non-hydrogen) atoms. The minimum atomic E-state index is -0.444. The summed E-state index contributed by atoms with van der Waals surface area (Å²) in [6.45, 7) is 0. The van der Waals surface area contributed by atoms with Crippen LogP contribution in [-0.4, -0.2) is 20.9 Å². The topological polar surface area (TPSA) is 26.3 Å². The van der Waals surface area contributed by atoms with Gasteiger partial charge in [-0.1, -0.05) is 29.6 Å². The van der Waals surface area contributed by atoms with Gasteiger partial charge < -0.3 is 4.74 Å². The Morgan fingerprint density at radius 2 is 2.31 bits per heavy atom. The highest BCUT2D eigenvalue weighted by molar-refractivity contribution is 6.33. The molecule has 0 fully saturated rings. The van der Waals surface area contributed by atoms with Crippen molar-refractivity contribution in [3.8, 4) is 0 Å². The molecule has 0 spiro atoms. The number of benzene rings is 1. The molecule has 1 aromatic rings. The molecule has 0 aromatic heterocycles. The first-order valence-corrected chi connectivity index (χ1v) is 4.13. The normalized spacial score (nSPS) is 9.69. The van der Waals surface area contributed by atoms with Crippen molar-refractivity contribution in [3.63, 3.8) is 0 Å². The van der Waals surface area contributed by atoms with E-state index in [0.717, 1.165) is 5.56 Å². The maximum Gasteiger partial charge on any atom is 0.339 e. The van der Waals surface area contributed by atoms with Crippen molar-refractivity contribution in [2.24, 2.45) is 0 Å². The van der Waals surface area contributed by atoms with Gasteiger partial charge in [0.05, 0.1) is 25.5 Å². The van der Waals surface area contributed by atoms with Crippen LogP contribution >= 0.6 is 11.6 Å². The van der Waals surface area contributed by atoms with Crippen molar-refractivity contribution in [3.05, 3.63) is 34.3 Å². The molecule has 0 aliphatic carbocycles. The van der Waals surface area contributed by atoms with E-state index in [4.69, 9.17) is 19.4 Å². The Morgan fingerprint density at radius 3 is 2.85 bits per heavy atom. The van der Waals surface area contributed by atoms with Crippen molar-refractivity contribution >= 4 is 25.4 Å². The van der Waals surface area contributed by atoms with Gasteiger partial charge in [0.2, 0.25) is 0 Å². The quantitative estimate of drug-likeness (QED) is 0.530. The minimum absolute atomic E-state index is 0.354. The van der Waals surface area contributed by atoms with Crippen LogP contribution in [0.4, 0.5) is 0 Å². The Bertz CT molecular complexity index is 325. The SMILES string of the molecule is [B]Cc1ccc(Cl)c(C(=O)OC)c1. The van der Waals surface area contributed by atoms with Crippen molar-refractivity contribution in [1.82, 2.24) is 0 Å². The lowest BCUT2D eigenvalue weighted by Crippen LogP contribution is -2.03. The number of esters is 1. The van der Waals surface area contributed by atoms with E-state index < -0.39 is 5.97 Å². The summed E-state index contributed by atoms with van der Waals surface area (Å²) in [6.07, 6.45) is 0.376. The van der Waals surface area contributed by atoms with Crippen LogP contribution in [0.25, 0.3) is 0 Å². The smallest absolute Gasteiger partial charge is 0.339 e. The number of methoxy groups -OCH3 is 1. The molecule has 1 rings (SSSR count). The van der Waals surface area contributed by atoms with Gasteiger partial charge in [-0.15, -0.1) is 0 Å². The summed E-state index contributed by atoms with van der Waals surface area (Å²) in [4.78, 5) is 11.2. The van der Waals surface area contributed by atoms with Crippen LogP contribution in [0, 0.1) is 0 Å². The molecule has 4 heteroatoms. The lowest BCUT2D eigenvalue weighted by Gasteiger charge is -2.03. The maximum atomic E-state index is 11.2. The molecule has 2 radical (unpaired) electrons. The third kappa shape index (κ3) is 2.25. The van der Waals surface area contributed by atoms with E-state index in [2.05, 4.69) is 4.74 Å². The molecule has 0 N–H and O–H groups in total. The molecule has 0 aliphatic heterocycles. The van der Waals surface area contributed by atoms with Crippen LogP contribution < -0.4 is 0 Å². The third-order valence-electron chi connectivity index (χ3n) is 1.67. The van der Waals surface area contributed by atoms with Crippen LogP contribution in [0.3, 0.4) is 0 Å². The fraction of sp³-hybridized carbons (Fsp3) is 0.222. The monoisotopic (exact) mass is 194 g/mol. The first-order chi connectivity index (χ1) is 6.19. The number of halogens is 1. The van der Waals surface area contributed by atoms with Crippen LogP contribution in [0.2, 0.25) is 5.02 Å². The Kier molecular flexibility index (Phi) is 3.37. The summed E-state index contributed by atoms with van der Waals surface area (Å²) in [5, 5.41) is 0.379. The molecule has 0 heterocycles. The number of hydrogen-bond acceptors (Lipinski definition) is 2. The molecule has 0 atom stereocenters. The lowest BCUT2D eigenvalue weighted by molar-refractivity contribution is 0.0601. The van der Waals surface area contributed by atoms with Gasteiger partial charge in [0.15, 0.2) is 0 Å². The standard InChI is InChI=1S/C9H8BClO2/c1-13-9(12)7-4-6(5-10)2-3-8(7)11/h2-4H,5H2,1H3. The second-order valence-corrected chi connectivity index (χ2v) is 2.92. The van der Waals surface area contributed by atoms with Crippen molar-refractivity contribution in [2.45, 2.75) is 6.32 Å². The number of hydrogen-bond donors (Lipinski definition) is 0. The molecule has 66 valence electrons. The highest BCUT2D eigenvalue weighted by Gasteiger charge is 2.10. The van der Waals surface area contributed by atoms with Crippen LogP contribution in [0.15, 0.2) is 18.2 Å². The average molecular weight is 194 g/mol. The number of carbonyl (C=O) groups excluding carboxylic acids is 1. The van der Waals surface area contributed by atoms with Gasteiger partial charge in [-0.05, 0) is 12.1 Å². The highest BCUT2D eigenvalue weighted by Crippen LogP contribution is 2.18. The summed E-state index contributed by atoms with van der Waals surface area (Å²) >= 11 is 5.79. The zero-order valence-corrected chi connectivity index (χ0v) is 7.97. The summed E-state index contributed by atoms with van der Waals surface area (Å²) < 4.78 is 4.55. The van der Waals surface area contributed by atoms with Crippen LogP contribution in [0.1, 0.15) is 15.9 Å². The fourth-order valence-corrected chi connectivity index (χ4v) is 1.16. The van der Waals surface area contributed by atoms with E-state index in [1.54, 1.807) is 18.2 Å². The van der Waals surface area contributed by atoms with E-state index in [1.807, 2.05) is 0 Å². The average Bonchev–Trinajstić information content (AvgIpc) is 2.17. The predicted molar refractivity (Wildman–Crippen MR) is 52.2 cm³/mol. The molecule has 0 aliphatic rings. The van der Waals surface area contributed by atoms with Gasteiger partial charge in [-0.3, -0.25) is 0 Å². The van der Waals surface area contributed by atoms with E-state index in [-0.39, 0.29) is 0 Å². The first kappa shape index (κ1) is 10.1. The number of ether oxygens (including phenoxy) is 1. The third-order valence-corrected chi connectivity index (χ3v) is 2.00. The molecule has 0 unspecified atom stereocenters. The molecule has 2 nitrogen and oxygen atoms in total. The minimum Gasteiger partial charge on any atom is -0.465 e. The molecule has 0 saturated heterocycles. The molecular formula is C9H8BClO2. The fourth-order valence-electron chi connectivity index (χ4n) is 0.966. The van der Waals surface area contributed by atoms with Crippen LogP contribution in [0.5, 0.6) is 0 Å². The largest absolute Gasteiger partial charge is 0.465 e. The summed E-state index contributed by atoms with van der Waals surface area (Å²) in [5.41, 5.74) is 1.21. The summed E-state index contributed by atoms with van der Waals surface area (Å²) in [6, 6.07) is 5.04. The van der Waals surface area contributed by atoms with Gasteiger partial charge in [0.1, 0.15) is 0 Å². The number of rotatable bonds is 2. The van der Waals surface area contributed by atoms with Crippen molar-refractivity contribution < 1.29 is 9.53 Å².